The Labute approximate surface area is 106 Å². The minimum atomic E-state index is -1.59. The number of aliphatic hydroxyl groups excluding tert-OH is 1. The Morgan fingerprint density at radius 2 is 2.06 bits per heavy atom. The average molecular weight is 254 g/mol. The SMILES string of the molecule is CCOC(=O)C(O)OC(C)c1ccccc1OC. The molecule has 5 heteroatoms. The number of hydrogen-bond acceptors (Lipinski definition) is 5. The highest BCUT2D eigenvalue weighted by molar-refractivity contribution is 5.72. The molecule has 0 saturated heterocycles. The predicted octanol–water partition coefficient (Wildman–Crippen LogP) is 1.65. The number of carbonyl (C=O) groups excluding carboxylic acids is 1. The Morgan fingerprint density at radius 1 is 1.39 bits per heavy atom. The van der Waals surface area contributed by atoms with Crippen molar-refractivity contribution in [3.05, 3.63) is 29.8 Å². The van der Waals surface area contributed by atoms with Crippen LogP contribution in [0, 0.1) is 0 Å². The Kier molecular flexibility index (Phi) is 5.61. The van der Waals surface area contributed by atoms with E-state index < -0.39 is 18.4 Å². The molecule has 2 atom stereocenters. The van der Waals surface area contributed by atoms with E-state index in [4.69, 9.17) is 9.47 Å². The minimum Gasteiger partial charge on any atom is -0.496 e. The normalized spacial score (nSPS) is 13.8. The molecule has 0 spiro atoms. The maximum Gasteiger partial charge on any atom is 0.363 e. The van der Waals surface area contributed by atoms with Gasteiger partial charge in [-0.2, -0.15) is 0 Å². The van der Waals surface area contributed by atoms with Crippen molar-refractivity contribution in [2.45, 2.75) is 26.2 Å². The first-order valence-corrected chi connectivity index (χ1v) is 5.73. The third kappa shape index (κ3) is 3.72. The van der Waals surface area contributed by atoms with Crippen molar-refractivity contribution in [1.29, 1.82) is 0 Å². The second kappa shape index (κ2) is 6.98. The monoisotopic (exact) mass is 254 g/mol. The molecular weight excluding hydrogens is 236 g/mol. The molecule has 0 radical (unpaired) electrons. The number of benzene rings is 1. The lowest BCUT2D eigenvalue weighted by Crippen LogP contribution is -2.27. The van der Waals surface area contributed by atoms with Crippen molar-refractivity contribution in [3.63, 3.8) is 0 Å². The van der Waals surface area contributed by atoms with Gasteiger partial charge in [0.25, 0.3) is 6.29 Å². The van der Waals surface area contributed by atoms with Crippen LogP contribution in [0.4, 0.5) is 0 Å². The fraction of sp³-hybridized carbons (Fsp3) is 0.462. The molecule has 2 unspecified atom stereocenters. The van der Waals surface area contributed by atoms with Gasteiger partial charge in [0.15, 0.2) is 0 Å². The van der Waals surface area contributed by atoms with Crippen LogP contribution in [0.5, 0.6) is 5.75 Å². The van der Waals surface area contributed by atoms with Crippen LogP contribution in [0.25, 0.3) is 0 Å². The number of carbonyl (C=O) groups is 1. The highest BCUT2D eigenvalue weighted by Crippen LogP contribution is 2.27. The van der Waals surface area contributed by atoms with Crippen molar-refractivity contribution in [1.82, 2.24) is 0 Å². The van der Waals surface area contributed by atoms with Crippen molar-refractivity contribution >= 4 is 5.97 Å². The number of aliphatic hydroxyl groups is 1. The van der Waals surface area contributed by atoms with Crippen molar-refractivity contribution in [3.8, 4) is 5.75 Å². The number of rotatable bonds is 6. The summed E-state index contributed by atoms with van der Waals surface area (Å²) in [5, 5.41) is 9.51. The standard InChI is InChI=1S/C13H18O5/c1-4-17-12(14)13(15)18-9(2)10-7-5-6-8-11(10)16-3/h5-9,13,15H,4H2,1-3H3. The summed E-state index contributed by atoms with van der Waals surface area (Å²) in [5.41, 5.74) is 0.753. The lowest BCUT2D eigenvalue weighted by Gasteiger charge is -2.19. The average Bonchev–Trinajstić information content (AvgIpc) is 2.38. The molecule has 1 aromatic carbocycles. The number of ether oxygens (including phenoxy) is 3. The van der Waals surface area contributed by atoms with Gasteiger partial charge in [-0.05, 0) is 19.9 Å². The Bertz CT molecular complexity index is 391. The first-order chi connectivity index (χ1) is 8.60. The molecule has 0 fully saturated rings. The van der Waals surface area contributed by atoms with Crippen LogP contribution < -0.4 is 4.74 Å². The number of esters is 1. The zero-order valence-electron chi connectivity index (χ0n) is 10.8. The molecule has 0 aliphatic carbocycles. The van der Waals surface area contributed by atoms with Gasteiger partial charge in [0.05, 0.1) is 19.8 Å². The van der Waals surface area contributed by atoms with Gasteiger partial charge in [0.2, 0.25) is 0 Å². The van der Waals surface area contributed by atoms with Crippen LogP contribution in [0.15, 0.2) is 24.3 Å². The number of para-hydroxylation sites is 1. The fourth-order valence-corrected chi connectivity index (χ4v) is 1.54. The zero-order chi connectivity index (χ0) is 13.5. The zero-order valence-corrected chi connectivity index (χ0v) is 10.8. The Balaban J connectivity index is 2.70. The molecule has 0 aliphatic rings. The maximum atomic E-state index is 11.2. The number of hydrogen-bond donors (Lipinski definition) is 1. The summed E-state index contributed by atoms with van der Waals surface area (Å²) in [4.78, 5) is 11.2. The molecule has 0 amide bonds. The fourth-order valence-electron chi connectivity index (χ4n) is 1.54. The molecule has 5 nitrogen and oxygen atoms in total. The van der Waals surface area contributed by atoms with E-state index >= 15 is 0 Å². The van der Waals surface area contributed by atoms with Gasteiger partial charge >= 0.3 is 5.97 Å². The minimum absolute atomic E-state index is 0.197. The van der Waals surface area contributed by atoms with Crippen LogP contribution >= 0.6 is 0 Å². The van der Waals surface area contributed by atoms with E-state index in [2.05, 4.69) is 4.74 Å². The summed E-state index contributed by atoms with van der Waals surface area (Å²) in [6, 6.07) is 7.25. The maximum absolute atomic E-state index is 11.2. The largest absolute Gasteiger partial charge is 0.496 e. The summed E-state index contributed by atoms with van der Waals surface area (Å²) in [7, 11) is 1.55. The van der Waals surface area contributed by atoms with Crippen LogP contribution in [-0.2, 0) is 14.3 Å². The van der Waals surface area contributed by atoms with E-state index in [-0.39, 0.29) is 6.61 Å². The summed E-state index contributed by atoms with van der Waals surface area (Å²) < 4.78 is 15.0. The van der Waals surface area contributed by atoms with Crippen molar-refractivity contribution < 1.29 is 24.1 Å². The smallest absolute Gasteiger partial charge is 0.363 e. The summed E-state index contributed by atoms with van der Waals surface area (Å²) in [6.45, 7) is 3.58. The van der Waals surface area contributed by atoms with Crippen LogP contribution in [0.3, 0.4) is 0 Å². The molecule has 1 N–H and O–H groups in total. The topological polar surface area (TPSA) is 65.0 Å². The van der Waals surface area contributed by atoms with Gasteiger partial charge in [0.1, 0.15) is 5.75 Å². The van der Waals surface area contributed by atoms with E-state index in [1.54, 1.807) is 33.1 Å². The predicted molar refractivity (Wildman–Crippen MR) is 65.1 cm³/mol. The number of methoxy groups -OCH3 is 1. The molecule has 0 bridgehead atoms. The van der Waals surface area contributed by atoms with E-state index in [1.165, 1.54) is 0 Å². The molecule has 1 rings (SSSR count). The third-order valence-corrected chi connectivity index (χ3v) is 2.40. The van der Waals surface area contributed by atoms with Gasteiger partial charge in [-0.1, -0.05) is 18.2 Å². The molecule has 0 aromatic heterocycles. The Morgan fingerprint density at radius 3 is 2.67 bits per heavy atom. The van der Waals surface area contributed by atoms with Gasteiger partial charge in [-0.25, -0.2) is 4.79 Å². The van der Waals surface area contributed by atoms with Crippen LogP contribution in [-0.4, -0.2) is 31.1 Å². The molecular formula is C13H18O5. The summed E-state index contributed by atoms with van der Waals surface area (Å²) in [6.07, 6.45) is -2.08. The molecule has 0 heterocycles. The summed E-state index contributed by atoms with van der Waals surface area (Å²) >= 11 is 0. The molecule has 0 aliphatic heterocycles. The van der Waals surface area contributed by atoms with Crippen molar-refractivity contribution in [2.75, 3.05) is 13.7 Å². The molecule has 18 heavy (non-hydrogen) atoms. The highest BCUT2D eigenvalue weighted by Gasteiger charge is 2.22. The molecule has 1 aromatic rings. The molecule has 100 valence electrons. The van der Waals surface area contributed by atoms with Crippen LogP contribution in [0.2, 0.25) is 0 Å². The van der Waals surface area contributed by atoms with Gasteiger partial charge < -0.3 is 19.3 Å². The van der Waals surface area contributed by atoms with Crippen LogP contribution in [0.1, 0.15) is 25.5 Å². The van der Waals surface area contributed by atoms with E-state index in [1.807, 2.05) is 12.1 Å². The second-order valence-electron chi connectivity index (χ2n) is 3.62. The van der Waals surface area contributed by atoms with Gasteiger partial charge in [-0.15, -0.1) is 0 Å². The highest BCUT2D eigenvalue weighted by atomic mass is 16.7. The first kappa shape index (κ1) is 14.5. The lowest BCUT2D eigenvalue weighted by molar-refractivity contribution is -0.191. The van der Waals surface area contributed by atoms with E-state index in [0.717, 1.165) is 5.56 Å². The van der Waals surface area contributed by atoms with Gasteiger partial charge in [0, 0.05) is 5.56 Å². The molecule has 0 saturated carbocycles. The van der Waals surface area contributed by atoms with E-state index in [9.17, 15) is 9.90 Å². The van der Waals surface area contributed by atoms with Crippen molar-refractivity contribution in [2.24, 2.45) is 0 Å². The van der Waals surface area contributed by atoms with E-state index in [0.29, 0.717) is 5.75 Å². The third-order valence-electron chi connectivity index (χ3n) is 2.40. The quantitative estimate of drug-likeness (QED) is 0.617. The summed E-state index contributed by atoms with van der Waals surface area (Å²) in [5.74, 6) is -0.152. The lowest BCUT2D eigenvalue weighted by atomic mass is 10.1. The first-order valence-electron chi connectivity index (χ1n) is 5.73. The van der Waals surface area contributed by atoms with Gasteiger partial charge in [-0.3, -0.25) is 0 Å². The Hall–Kier alpha value is -1.59. The second-order valence-corrected chi connectivity index (χ2v) is 3.62.